The fourth-order valence-electron chi connectivity index (χ4n) is 1.61. The largest absolute Gasteiger partial charge is 0.466 e. The van der Waals surface area contributed by atoms with Crippen LogP contribution in [0.4, 0.5) is 0 Å². The molecule has 90 valence electrons. The van der Waals surface area contributed by atoms with E-state index in [4.69, 9.17) is 0 Å². The predicted molar refractivity (Wildman–Crippen MR) is 59.8 cm³/mol. The Bertz CT molecular complexity index is 312. The van der Waals surface area contributed by atoms with Gasteiger partial charge in [-0.05, 0) is 13.3 Å². The molecule has 0 saturated carbocycles. The van der Waals surface area contributed by atoms with Crippen molar-refractivity contribution in [3.8, 4) is 0 Å². The number of carbonyl (C=O) groups excluding carboxylic acids is 2. The van der Waals surface area contributed by atoms with Crippen molar-refractivity contribution in [2.75, 3.05) is 27.2 Å². The third kappa shape index (κ3) is 3.06. The van der Waals surface area contributed by atoms with Gasteiger partial charge >= 0.3 is 5.97 Å². The molecular formula is C11H18N2O3. The van der Waals surface area contributed by atoms with Crippen LogP contribution in [-0.2, 0) is 14.3 Å². The number of ether oxygens (including phenoxy) is 1. The number of esters is 1. The summed E-state index contributed by atoms with van der Waals surface area (Å²) in [6.07, 6.45) is 2.55. The molecule has 1 saturated heterocycles. The van der Waals surface area contributed by atoms with E-state index in [2.05, 4.69) is 10.1 Å². The summed E-state index contributed by atoms with van der Waals surface area (Å²) in [5, 5.41) is 3.10. The van der Waals surface area contributed by atoms with Gasteiger partial charge in [-0.25, -0.2) is 4.79 Å². The third-order valence-electron chi connectivity index (χ3n) is 2.71. The van der Waals surface area contributed by atoms with Crippen LogP contribution < -0.4 is 5.32 Å². The number of hydrogen-bond acceptors (Lipinski definition) is 4. The van der Waals surface area contributed by atoms with Crippen molar-refractivity contribution in [1.82, 2.24) is 10.2 Å². The molecule has 0 aromatic rings. The molecule has 1 unspecified atom stereocenters. The Morgan fingerprint density at radius 2 is 2.38 bits per heavy atom. The first-order valence-electron chi connectivity index (χ1n) is 5.29. The van der Waals surface area contributed by atoms with Gasteiger partial charge in [0.15, 0.2) is 0 Å². The summed E-state index contributed by atoms with van der Waals surface area (Å²) in [5.41, 5.74) is 0.550. The predicted octanol–water partition coefficient (Wildman–Crippen LogP) is -0.0740. The van der Waals surface area contributed by atoms with Crippen LogP contribution in [0.15, 0.2) is 11.6 Å². The normalized spacial score (nSPS) is 21.4. The Kier molecular flexibility index (Phi) is 4.49. The fourth-order valence-corrected chi connectivity index (χ4v) is 1.61. The van der Waals surface area contributed by atoms with Crippen LogP contribution >= 0.6 is 0 Å². The lowest BCUT2D eigenvalue weighted by Gasteiger charge is -2.10. The van der Waals surface area contributed by atoms with Crippen molar-refractivity contribution in [2.45, 2.75) is 19.4 Å². The van der Waals surface area contributed by atoms with Crippen molar-refractivity contribution < 1.29 is 14.3 Å². The number of likely N-dealkylation sites (N-methyl/N-ethyl adjacent to an activating group) is 1. The molecule has 0 aliphatic carbocycles. The smallest absolute Gasteiger partial charge is 0.333 e. The molecule has 0 radical (unpaired) electrons. The number of amides is 1. The zero-order chi connectivity index (χ0) is 12.1. The summed E-state index contributed by atoms with van der Waals surface area (Å²) < 4.78 is 4.56. The molecule has 1 heterocycles. The zero-order valence-corrected chi connectivity index (χ0v) is 9.95. The molecule has 0 aromatic carbocycles. The monoisotopic (exact) mass is 226 g/mol. The minimum atomic E-state index is -0.336. The molecule has 1 rings (SSSR count). The van der Waals surface area contributed by atoms with Crippen LogP contribution in [0.2, 0.25) is 0 Å². The Balaban J connectivity index is 2.36. The van der Waals surface area contributed by atoms with Gasteiger partial charge in [0.05, 0.1) is 13.2 Å². The molecular weight excluding hydrogens is 208 g/mol. The van der Waals surface area contributed by atoms with E-state index >= 15 is 0 Å². The van der Waals surface area contributed by atoms with Gasteiger partial charge in [0.2, 0.25) is 5.91 Å². The first-order valence-corrected chi connectivity index (χ1v) is 5.29. The van der Waals surface area contributed by atoms with Gasteiger partial charge in [0.25, 0.3) is 0 Å². The number of likely N-dealkylation sites (tertiary alicyclic amines) is 1. The Hall–Kier alpha value is -1.36. The summed E-state index contributed by atoms with van der Waals surface area (Å²) >= 11 is 0. The lowest BCUT2D eigenvalue weighted by Crippen LogP contribution is -2.37. The van der Waals surface area contributed by atoms with Crippen molar-refractivity contribution >= 4 is 11.9 Å². The average Bonchev–Trinajstić information content (AvgIpc) is 2.59. The molecule has 1 aliphatic heterocycles. The Morgan fingerprint density at radius 3 is 2.88 bits per heavy atom. The quantitative estimate of drug-likeness (QED) is 0.538. The highest BCUT2D eigenvalue weighted by Gasteiger charge is 2.27. The van der Waals surface area contributed by atoms with E-state index in [1.807, 2.05) is 0 Å². The maximum Gasteiger partial charge on any atom is 0.333 e. The van der Waals surface area contributed by atoms with Crippen molar-refractivity contribution in [1.29, 1.82) is 0 Å². The molecule has 1 amide bonds. The molecule has 1 aliphatic rings. The summed E-state index contributed by atoms with van der Waals surface area (Å²) in [5.74, 6) is -0.221. The molecule has 16 heavy (non-hydrogen) atoms. The topological polar surface area (TPSA) is 58.6 Å². The van der Waals surface area contributed by atoms with Gasteiger partial charge in [-0.3, -0.25) is 4.79 Å². The molecule has 5 heteroatoms. The van der Waals surface area contributed by atoms with E-state index < -0.39 is 0 Å². The number of rotatable bonds is 4. The molecule has 1 N–H and O–H groups in total. The van der Waals surface area contributed by atoms with Crippen LogP contribution in [0, 0.1) is 0 Å². The summed E-state index contributed by atoms with van der Waals surface area (Å²) in [4.78, 5) is 24.3. The van der Waals surface area contributed by atoms with Crippen LogP contribution in [0.1, 0.15) is 13.3 Å². The van der Waals surface area contributed by atoms with Gasteiger partial charge in [0.1, 0.15) is 0 Å². The minimum absolute atomic E-state index is 0.115. The number of methoxy groups -OCH3 is 1. The Labute approximate surface area is 95.4 Å². The van der Waals surface area contributed by atoms with Crippen LogP contribution in [0.25, 0.3) is 0 Å². The van der Waals surface area contributed by atoms with E-state index in [0.29, 0.717) is 12.1 Å². The van der Waals surface area contributed by atoms with Crippen LogP contribution in [0.5, 0.6) is 0 Å². The Morgan fingerprint density at radius 1 is 1.69 bits per heavy atom. The van der Waals surface area contributed by atoms with E-state index in [9.17, 15) is 9.59 Å². The third-order valence-corrected chi connectivity index (χ3v) is 2.71. The molecule has 1 atom stereocenters. The average molecular weight is 226 g/mol. The lowest BCUT2D eigenvalue weighted by molar-refractivity contribution is -0.136. The fraction of sp³-hybridized carbons (Fsp3) is 0.636. The van der Waals surface area contributed by atoms with E-state index in [1.165, 1.54) is 7.11 Å². The van der Waals surface area contributed by atoms with Gasteiger partial charge in [-0.15, -0.1) is 0 Å². The van der Waals surface area contributed by atoms with Crippen molar-refractivity contribution in [3.63, 3.8) is 0 Å². The molecule has 0 spiro atoms. The lowest BCUT2D eigenvalue weighted by atomic mass is 10.2. The van der Waals surface area contributed by atoms with Crippen molar-refractivity contribution in [2.24, 2.45) is 0 Å². The molecule has 1 fully saturated rings. The van der Waals surface area contributed by atoms with Gasteiger partial charge in [-0.1, -0.05) is 6.08 Å². The number of hydrogen-bond donors (Lipinski definition) is 1. The zero-order valence-electron chi connectivity index (χ0n) is 9.95. The van der Waals surface area contributed by atoms with E-state index in [0.717, 1.165) is 13.0 Å². The standard InChI is InChI=1S/C11H18N2O3/c1-8(11(15)16-3)4-6-12-9-5-7-13(2)10(9)14/h4,9,12H,5-7H2,1-3H3. The molecule has 5 nitrogen and oxygen atoms in total. The van der Waals surface area contributed by atoms with Crippen LogP contribution in [-0.4, -0.2) is 50.1 Å². The highest BCUT2D eigenvalue weighted by atomic mass is 16.5. The molecule has 0 aromatic heterocycles. The summed E-state index contributed by atoms with van der Waals surface area (Å²) in [6.45, 7) is 2.98. The first-order chi connectivity index (χ1) is 7.56. The van der Waals surface area contributed by atoms with Gasteiger partial charge in [-0.2, -0.15) is 0 Å². The second-order valence-corrected chi connectivity index (χ2v) is 3.89. The maximum atomic E-state index is 11.5. The number of carbonyl (C=O) groups is 2. The first kappa shape index (κ1) is 12.7. The number of nitrogens with one attached hydrogen (secondary N) is 1. The minimum Gasteiger partial charge on any atom is -0.466 e. The summed E-state index contributed by atoms with van der Waals surface area (Å²) in [7, 11) is 3.14. The summed E-state index contributed by atoms with van der Waals surface area (Å²) in [6, 6.07) is -0.119. The van der Waals surface area contributed by atoms with Gasteiger partial charge < -0.3 is 15.0 Å². The maximum absolute atomic E-state index is 11.5. The SMILES string of the molecule is COC(=O)C(C)=CCNC1CCN(C)C1=O. The molecule has 0 bridgehead atoms. The van der Waals surface area contributed by atoms with Gasteiger partial charge in [0, 0.05) is 25.7 Å². The second kappa shape index (κ2) is 5.65. The number of nitrogens with zero attached hydrogens (tertiary/aromatic N) is 1. The van der Waals surface area contributed by atoms with Crippen LogP contribution in [0.3, 0.4) is 0 Å². The van der Waals surface area contributed by atoms with Crippen molar-refractivity contribution in [3.05, 3.63) is 11.6 Å². The highest BCUT2D eigenvalue weighted by molar-refractivity contribution is 5.87. The highest BCUT2D eigenvalue weighted by Crippen LogP contribution is 2.08. The van der Waals surface area contributed by atoms with E-state index in [-0.39, 0.29) is 17.9 Å². The second-order valence-electron chi connectivity index (χ2n) is 3.89. The van der Waals surface area contributed by atoms with E-state index in [1.54, 1.807) is 24.9 Å².